The lowest BCUT2D eigenvalue weighted by molar-refractivity contribution is -0.123. The van der Waals surface area contributed by atoms with Gasteiger partial charge in [-0.15, -0.1) is 0 Å². The van der Waals surface area contributed by atoms with Crippen molar-refractivity contribution in [1.29, 1.82) is 0 Å². The number of carbonyl (C=O) groups is 1. The Balaban J connectivity index is 2.06. The predicted octanol–water partition coefficient (Wildman–Crippen LogP) is 5.31. The Morgan fingerprint density at radius 2 is 1.85 bits per heavy atom. The minimum Gasteiger partial charge on any atom is -0.328 e. The highest BCUT2D eigenvalue weighted by molar-refractivity contribution is 5.91. The number of Topliss-reactive ketones (excluding diaryl/α,β-unsaturated/α-hetero) is 1. The van der Waals surface area contributed by atoms with E-state index in [4.69, 9.17) is 4.98 Å². The number of rotatable bonds is 5. The van der Waals surface area contributed by atoms with E-state index in [-0.39, 0.29) is 5.78 Å². The molecule has 134 valence electrons. The number of aryl methyl sites for hydroxylation is 2. The zero-order chi connectivity index (χ0) is 18.9. The van der Waals surface area contributed by atoms with Crippen molar-refractivity contribution in [2.24, 2.45) is 7.05 Å². The van der Waals surface area contributed by atoms with Gasteiger partial charge in [-0.1, -0.05) is 43.3 Å². The van der Waals surface area contributed by atoms with Crippen LogP contribution in [-0.4, -0.2) is 15.3 Å². The molecular weight excluding hydrogens is 320 g/mol. The van der Waals surface area contributed by atoms with Gasteiger partial charge in [0.15, 0.2) is 0 Å². The van der Waals surface area contributed by atoms with E-state index in [9.17, 15) is 4.79 Å². The van der Waals surface area contributed by atoms with Gasteiger partial charge in [-0.05, 0) is 55.7 Å². The van der Waals surface area contributed by atoms with E-state index >= 15 is 0 Å². The lowest BCUT2D eigenvalue weighted by Crippen LogP contribution is -2.29. The van der Waals surface area contributed by atoms with Crippen molar-refractivity contribution >= 4 is 29.0 Å². The fourth-order valence-electron chi connectivity index (χ4n) is 3.51. The van der Waals surface area contributed by atoms with Gasteiger partial charge in [0.2, 0.25) is 0 Å². The van der Waals surface area contributed by atoms with Crippen LogP contribution in [0.25, 0.3) is 23.2 Å². The number of fused-ring (bicyclic) bond motifs is 1. The number of hydrogen-bond acceptors (Lipinski definition) is 2. The van der Waals surface area contributed by atoms with Gasteiger partial charge in [0.05, 0.1) is 11.0 Å². The second-order valence-corrected chi connectivity index (χ2v) is 7.33. The van der Waals surface area contributed by atoms with Crippen LogP contribution in [0.3, 0.4) is 0 Å². The van der Waals surface area contributed by atoms with Crippen molar-refractivity contribution in [3.8, 4) is 0 Å². The zero-order valence-electron chi connectivity index (χ0n) is 16.2. The van der Waals surface area contributed by atoms with Crippen molar-refractivity contribution in [3.63, 3.8) is 0 Å². The predicted molar refractivity (Wildman–Crippen MR) is 109 cm³/mol. The second-order valence-electron chi connectivity index (χ2n) is 7.33. The average Bonchev–Trinajstić information content (AvgIpc) is 2.94. The van der Waals surface area contributed by atoms with Crippen molar-refractivity contribution in [1.82, 2.24) is 9.55 Å². The Morgan fingerprint density at radius 3 is 2.50 bits per heavy atom. The van der Waals surface area contributed by atoms with Gasteiger partial charge in [0, 0.05) is 18.9 Å². The van der Waals surface area contributed by atoms with E-state index in [0.29, 0.717) is 6.42 Å². The van der Waals surface area contributed by atoms with Crippen molar-refractivity contribution < 1.29 is 4.79 Å². The quantitative estimate of drug-likeness (QED) is 0.627. The summed E-state index contributed by atoms with van der Waals surface area (Å²) in [5.41, 5.74) is 4.85. The molecule has 0 N–H and O–H groups in total. The Kier molecular flexibility index (Phi) is 4.82. The van der Waals surface area contributed by atoms with Gasteiger partial charge in [-0.2, -0.15) is 0 Å². The summed E-state index contributed by atoms with van der Waals surface area (Å²) in [5.74, 6) is 1.15. The number of ketones is 1. The molecule has 0 spiro atoms. The van der Waals surface area contributed by atoms with Gasteiger partial charge < -0.3 is 4.57 Å². The number of hydrogen-bond donors (Lipinski definition) is 0. The Labute approximate surface area is 155 Å². The standard InChI is InChI=1S/C23H26N2O/c1-6-21(26)23(3,4)18-15-19-20(14-16(18)2)25(5)22(24-19)13-12-17-10-8-7-9-11-17/h7-15H,6H2,1-5H3/b13-12+. The van der Waals surface area contributed by atoms with Gasteiger partial charge >= 0.3 is 0 Å². The molecule has 0 fully saturated rings. The van der Waals surface area contributed by atoms with E-state index in [1.807, 2.05) is 52.1 Å². The molecule has 3 rings (SSSR count). The molecule has 3 heteroatoms. The third kappa shape index (κ3) is 3.22. The van der Waals surface area contributed by atoms with Gasteiger partial charge in [-0.3, -0.25) is 4.79 Å². The van der Waals surface area contributed by atoms with Crippen LogP contribution in [0.15, 0.2) is 42.5 Å². The molecule has 0 unspecified atom stereocenters. The van der Waals surface area contributed by atoms with Crippen LogP contribution in [0.2, 0.25) is 0 Å². The van der Waals surface area contributed by atoms with Crippen molar-refractivity contribution in [2.75, 3.05) is 0 Å². The summed E-state index contributed by atoms with van der Waals surface area (Å²) in [6, 6.07) is 14.4. The fraction of sp³-hybridized carbons (Fsp3) is 0.304. The lowest BCUT2D eigenvalue weighted by atomic mass is 9.77. The molecule has 3 nitrogen and oxygen atoms in total. The van der Waals surface area contributed by atoms with Crippen LogP contribution >= 0.6 is 0 Å². The average molecular weight is 346 g/mol. The minimum atomic E-state index is -0.495. The summed E-state index contributed by atoms with van der Waals surface area (Å²) in [6.07, 6.45) is 4.64. The molecule has 0 saturated carbocycles. The molecule has 0 atom stereocenters. The van der Waals surface area contributed by atoms with Crippen LogP contribution in [0, 0.1) is 6.92 Å². The highest BCUT2D eigenvalue weighted by Crippen LogP contribution is 2.32. The summed E-state index contributed by atoms with van der Waals surface area (Å²) in [5, 5.41) is 0. The number of benzene rings is 2. The van der Waals surface area contributed by atoms with Crippen LogP contribution in [0.5, 0.6) is 0 Å². The maximum atomic E-state index is 12.4. The molecule has 1 heterocycles. The molecule has 3 aromatic rings. The highest BCUT2D eigenvalue weighted by atomic mass is 16.1. The second kappa shape index (κ2) is 6.91. The summed E-state index contributed by atoms with van der Waals surface area (Å²) in [7, 11) is 2.03. The zero-order valence-corrected chi connectivity index (χ0v) is 16.2. The first-order valence-electron chi connectivity index (χ1n) is 9.08. The summed E-state index contributed by atoms with van der Waals surface area (Å²) < 4.78 is 2.10. The molecule has 0 aliphatic rings. The fourth-order valence-corrected chi connectivity index (χ4v) is 3.51. The summed E-state index contributed by atoms with van der Waals surface area (Å²) in [4.78, 5) is 17.2. The number of nitrogens with zero attached hydrogens (tertiary/aromatic N) is 2. The number of carbonyl (C=O) groups excluding carboxylic acids is 1. The molecule has 26 heavy (non-hydrogen) atoms. The molecule has 0 aliphatic carbocycles. The summed E-state index contributed by atoms with van der Waals surface area (Å²) in [6.45, 7) is 8.01. The Morgan fingerprint density at radius 1 is 1.15 bits per heavy atom. The van der Waals surface area contributed by atoms with Gasteiger partial charge in [0.25, 0.3) is 0 Å². The summed E-state index contributed by atoms with van der Waals surface area (Å²) >= 11 is 0. The first-order chi connectivity index (χ1) is 12.3. The van der Waals surface area contributed by atoms with Crippen molar-refractivity contribution in [3.05, 3.63) is 65.0 Å². The maximum absolute atomic E-state index is 12.4. The molecule has 0 amide bonds. The van der Waals surface area contributed by atoms with E-state index in [1.165, 1.54) is 0 Å². The molecule has 0 bridgehead atoms. The minimum absolute atomic E-state index is 0.250. The normalized spacial score (nSPS) is 12.2. The number of imidazole rings is 1. The van der Waals surface area contributed by atoms with Gasteiger partial charge in [0.1, 0.15) is 11.6 Å². The van der Waals surface area contributed by atoms with E-state index in [1.54, 1.807) is 0 Å². The SMILES string of the molecule is CCC(=O)C(C)(C)c1cc2nc(/C=C/c3ccccc3)n(C)c2cc1C. The smallest absolute Gasteiger partial charge is 0.142 e. The largest absolute Gasteiger partial charge is 0.328 e. The maximum Gasteiger partial charge on any atom is 0.142 e. The first-order valence-corrected chi connectivity index (χ1v) is 9.08. The third-order valence-electron chi connectivity index (χ3n) is 5.18. The lowest BCUT2D eigenvalue weighted by Gasteiger charge is -2.25. The highest BCUT2D eigenvalue weighted by Gasteiger charge is 2.30. The van der Waals surface area contributed by atoms with E-state index in [2.05, 4.69) is 41.8 Å². The van der Waals surface area contributed by atoms with E-state index in [0.717, 1.165) is 33.5 Å². The monoisotopic (exact) mass is 346 g/mol. The number of aromatic nitrogens is 2. The van der Waals surface area contributed by atoms with Crippen molar-refractivity contribution in [2.45, 2.75) is 39.5 Å². The topological polar surface area (TPSA) is 34.9 Å². The van der Waals surface area contributed by atoms with Crippen LogP contribution < -0.4 is 0 Å². The van der Waals surface area contributed by atoms with Crippen LogP contribution in [0.4, 0.5) is 0 Å². The third-order valence-corrected chi connectivity index (χ3v) is 5.18. The molecular formula is C23H26N2O. The Hall–Kier alpha value is -2.68. The van der Waals surface area contributed by atoms with Crippen LogP contribution in [0.1, 0.15) is 49.7 Å². The molecule has 2 aromatic carbocycles. The van der Waals surface area contributed by atoms with Crippen LogP contribution in [-0.2, 0) is 17.3 Å². The molecule has 0 radical (unpaired) electrons. The van der Waals surface area contributed by atoms with Gasteiger partial charge in [-0.25, -0.2) is 4.98 Å². The molecule has 0 aliphatic heterocycles. The Bertz CT molecular complexity index is 978. The first kappa shape index (κ1) is 18.1. The van der Waals surface area contributed by atoms with E-state index < -0.39 is 5.41 Å². The molecule has 0 saturated heterocycles. The molecule has 1 aromatic heterocycles.